The number of rotatable bonds is 7. The second-order valence-electron chi connectivity index (χ2n) is 5.69. The smallest absolute Gasteiger partial charge is 0.230 e. The molecular formula is C17H28N2O. The molecule has 1 aromatic rings. The second-order valence-corrected chi connectivity index (χ2v) is 5.69. The number of amides is 1. The first-order valence-corrected chi connectivity index (χ1v) is 7.58. The Kier molecular flexibility index (Phi) is 6.73. The molecule has 0 spiro atoms. The summed E-state index contributed by atoms with van der Waals surface area (Å²) in [5.41, 5.74) is 6.76. The lowest BCUT2D eigenvalue weighted by Crippen LogP contribution is -2.44. The van der Waals surface area contributed by atoms with E-state index in [1.807, 2.05) is 36.9 Å². The minimum absolute atomic E-state index is 0.0739. The van der Waals surface area contributed by atoms with Crippen molar-refractivity contribution in [3.05, 3.63) is 35.9 Å². The molecule has 2 N–H and O–H groups in total. The number of hydrogen-bond donors (Lipinski definition) is 1. The average molecular weight is 276 g/mol. The third-order valence-corrected chi connectivity index (χ3v) is 3.91. The highest BCUT2D eigenvalue weighted by Crippen LogP contribution is 2.29. The van der Waals surface area contributed by atoms with Crippen molar-refractivity contribution in [2.45, 2.75) is 46.1 Å². The van der Waals surface area contributed by atoms with Crippen LogP contribution in [0.3, 0.4) is 0 Å². The largest absolute Gasteiger partial charge is 0.338 e. The fourth-order valence-electron chi connectivity index (χ4n) is 2.55. The van der Waals surface area contributed by atoms with E-state index in [1.165, 1.54) is 0 Å². The Balaban J connectivity index is 3.07. The van der Waals surface area contributed by atoms with Gasteiger partial charge in [-0.2, -0.15) is 0 Å². The zero-order valence-corrected chi connectivity index (χ0v) is 13.2. The molecule has 0 aliphatic rings. The lowest BCUT2D eigenvalue weighted by atomic mass is 9.84. The molecule has 0 aliphatic carbocycles. The summed E-state index contributed by atoms with van der Waals surface area (Å²) in [5, 5.41) is 0. The van der Waals surface area contributed by atoms with Crippen LogP contribution >= 0.6 is 0 Å². The predicted molar refractivity (Wildman–Crippen MR) is 84.5 cm³/mol. The highest BCUT2D eigenvalue weighted by Gasteiger charge is 2.30. The molecule has 0 fully saturated rings. The molecule has 1 aromatic carbocycles. The van der Waals surface area contributed by atoms with Crippen molar-refractivity contribution in [2.24, 2.45) is 11.7 Å². The van der Waals surface area contributed by atoms with Crippen LogP contribution in [0.1, 0.15) is 45.6 Å². The Morgan fingerprint density at radius 2 is 1.80 bits per heavy atom. The molecule has 0 heterocycles. The summed E-state index contributed by atoms with van der Waals surface area (Å²) in [7, 11) is 0. The van der Waals surface area contributed by atoms with Gasteiger partial charge in [0, 0.05) is 19.1 Å². The summed E-state index contributed by atoms with van der Waals surface area (Å²) < 4.78 is 0. The van der Waals surface area contributed by atoms with Gasteiger partial charge >= 0.3 is 0 Å². The van der Waals surface area contributed by atoms with Gasteiger partial charge in [-0.15, -0.1) is 0 Å². The molecule has 2 unspecified atom stereocenters. The topological polar surface area (TPSA) is 46.3 Å². The van der Waals surface area contributed by atoms with Crippen LogP contribution in [0.5, 0.6) is 0 Å². The summed E-state index contributed by atoms with van der Waals surface area (Å²) >= 11 is 0. The van der Waals surface area contributed by atoms with E-state index in [1.54, 1.807) is 0 Å². The molecule has 3 heteroatoms. The molecule has 3 nitrogen and oxygen atoms in total. The highest BCUT2D eigenvalue weighted by atomic mass is 16.2. The van der Waals surface area contributed by atoms with E-state index < -0.39 is 0 Å². The van der Waals surface area contributed by atoms with E-state index in [0.717, 1.165) is 12.0 Å². The van der Waals surface area contributed by atoms with Gasteiger partial charge in [0.05, 0.1) is 5.92 Å². The maximum Gasteiger partial charge on any atom is 0.230 e. The zero-order chi connectivity index (χ0) is 15.1. The summed E-state index contributed by atoms with van der Waals surface area (Å²) in [6.45, 7) is 9.51. The van der Waals surface area contributed by atoms with Crippen molar-refractivity contribution in [3.8, 4) is 0 Å². The van der Waals surface area contributed by atoms with Crippen LogP contribution in [-0.2, 0) is 4.79 Å². The Bertz CT molecular complexity index is 403. The van der Waals surface area contributed by atoms with Crippen molar-refractivity contribution < 1.29 is 4.79 Å². The summed E-state index contributed by atoms with van der Waals surface area (Å²) in [5.74, 6) is 0.449. The molecule has 0 bridgehead atoms. The zero-order valence-electron chi connectivity index (χ0n) is 13.2. The van der Waals surface area contributed by atoms with E-state index in [4.69, 9.17) is 5.73 Å². The molecular weight excluding hydrogens is 248 g/mol. The SMILES string of the molecule is CCC(C)C(C(=O)N(CCN)C(C)C)c1ccccc1. The highest BCUT2D eigenvalue weighted by molar-refractivity contribution is 5.84. The third-order valence-electron chi connectivity index (χ3n) is 3.91. The molecule has 0 saturated heterocycles. The van der Waals surface area contributed by atoms with Gasteiger partial charge in [-0.1, -0.05) is 50.6 Å². The van der Waals surface area contributed by atoms with Crippen LogP contribution in [0, 0.1) is 5.92 Å². The number of nitrogens with zero attached hydrogens (tertiary/aromatic N) is 1. The van der Waals surface area contributed by atoms with Crippen molar-refractivity contribution in [1.29, 1.82) is 0 Å². The molecule has 2 atom stereocenters. The van der Waals surface area contributed by atoms with E-state index in [0.29, 0.717) is 19.0 Å². The van der Waals surface area contributed by atoms with E-state index in [9.17, 15) is 4.79 Å². The Labute approximate surface area is 123 Å². The van der Waals surface area contributed by atoms with Gasteiger partial charge in [0.25, 0.3) is 0 Å². The number of carbonyl (C=O) groups is 1. The first-order valence-electron chi connectivity index (χ1n) is 7.58. The molecule has 0 radical (unpaired) electrons. The van der Waals surface area contributed by atoms with Crippen LogP contribution in [0.4, 0.5) is 0 Å². The number of nitrogens with two attached hydrogens (primary N) is 1. The molecule has 1 amide bonds. The van der Waals surface area contributed by atoms with Crippen molar-refractivity contribution >= 4 is 5.91 Å². The van der Waals surface area contributed by atoms with Crippen molar-refractivity contribution in [1.82, 2.24) is 4.90 Å². The lowest BCUT2D eigenvalue weighted by molar-refractivity contribution is -0.135. The van der Waals surface area contributed by atoms with Gasteiger partial charge < -0.3 is 10.6 Å². The van der Waals surface area contributed by atoms with Gasteiger partial charge in [0.15, 0.2) is 0 Å². The Hall–Kier alpha value is -1.35. The van der Waals surface area contributed by atoms with Gasteiger partial charge in [-0.25, -0.2) is 0 Å². The van der Waals surface area contributed by atoms with Gasteiger partial charge in [-0.3, -0.25) is 4.79 Å². The predicted octanol–water partition coefficient (Wildman–Crippen LogP) is 3.01. The number of hydrogen-bond acceptors (Lipinski definition) is 2. The van der Waals surface area contributed by atoms with Gasteiger partial charge in [-0.05, 0) is 25.3 Å². The van der Waals surface area contributed by atoms with E-state index in [-0.39, 0.29) is 17.9 Å². The van der Waals surface area contributed by atoms with Crippen LogP contribution in [0.15, 0.2) is 30.3 Å². The molecule has 20 heavy (non-hydrogen) atoms. The van der Waals surface area contributed by atoms with Gasteiger partial charge in [0.2, 0.25) is 5.91 Å². The molecule has 0 saturated carbocycles. The molecule has 1 rings (SSSR count). The van der Waals surface area contributed by atoms with Crippen LogP contribution < -0.4 is 5.73 Å². The maximum absolute atomic E-state index is 12.9. The van der Waals surface area contributed by atoms with E-state index >= 15 is 0 Å². The second kappa shape index (κ2) is 8.05. The Morgan fingerprint density at radius 3 is 2.25 bits per heavy atom. The van der Waals surface area contributed by atoms with Crippen molar-refractivity contribution in [2.75, 3.05) is 13.1 Å². The summed E-state index contributed by atoms with van der Waals surface area (Å²) in [6.07, 6.45) is 0.986. The quantitative estimate of drug-likeness (QED) is 0.832. The maximum atomic E-state index is 12.9. The molecule has 112 valence electrons. The fraction of sp³-hybridized carbons (Fsp3) is 0.588. The average Bonchev–Trinajstić information content (AvgIpc) is 2.45. The lowest BCUT2D eigenvalue weighted by Gasteiger charge is -2.33. The molecule has 0 aliphatic heterocycles. The standard InChI is InChI=1S/C17H28N2O/c1-5-14(4)16(15-9-7-6-8-10-15)17(20)19(12-11-18)13(2)3/h6-10,13-14,16H,5,11-12,18H2,1-4H3. The minimum Gasteiger partial charge on any atom is -0.338 e. The number of benzene rings is 1. The molecule has 0 aromatic heterocycles. The summed E-state index contributed by atoms with van der Waals surface area (Å²) in [6, 6.07) is 10.3. The Morgan fingerprint density at radius 1 is 1.20 bits per heavy atom. The monoisotopic (exact) mass is 276 g/mol. The third kappa shape index (κ3) is 4.07. The summed E-state index contributed by atoms with van der Waals surface area (Å²) in [4.78, 5) is 14.9. The van der Waals surface area contributed by atoms with Crippen LogP contribution in [0.25, 0.3) is 0 Å². The van der Waals surface area contributed by atoms with Crippen LogP contribution in [0.2, 0.25) is 0 Å². The first kappa shape index (κ1) is 16.7. The normalized spacial score (nSPS) is 14.1. The van der Waals surface area contributed by atoms with E-state index in [2.05, 4.69) is 26.0 Å². The number of carbonyl (C=O) groups excluding carboxylic acids is 1. The minimum atomic E-state index is -0.0739. The fourth-order valence-corrected chi connectivity index (χ4v) is 2.55. The first-order chi connectivity index (χ1) is 9.52. The van der Waals surface area contributed by atoms with Crippen molar-refractivity contribution in [3.63, 3.8) is 0 Å². The van der Waals surface area contributed by atoms with Gasteiger partial charge in [0.1, 0.15) is 0 Å². The van der Waals surface area contributed by atoms with Crippen LogP contribution in [-0.4, -0.2) is 29.9 Å².